The second-order valence-corrected chi connectivity index (χ2v) is 21.9. The summed E-state index contributed by atoms with van der Waals surface area (Å²) in [5.74, 6) is -3.67. The Morgan fingerprint density at radius 3 is 1.46 bits per heavy atom. The van der Waals surface area contributed by atoms with Crippen LogP contribution in [-0.4, -0.2) is 105 Å². The van der Waals surface area contributed by atoms with E-state index in [-0.39, 0.29) is 30.2 Å². The van der Waals surface area contributed by atoms with E-state index in [2.05, 4.69) is 57.6 Å². The number of fused-ring (bicyclic) bond motifs is 4. The van der Waals surface area contributed by atoms with Crippen LogP contribution in [0.3, 0.4) is 0 Å². The fourth-order valence-electron chi connectivity index (χ4n) is 9.01. The topological polar surface area (TPSA) is 276 Å². The maximum Gasteiger partial charge on any atom is 0.357 e. The van der Waals surface area contributed by atoms with Gasteiger partial charge < -0.3 is 15.3 Å². The monoisotopic (exact) mass is 1350 g/mol. The van der Waals surface area contributed by atoms with Crippen LogP contribution in [0.5, 0.6) is 0 Å². The maximum absolute atomic E-state index is 12.1. The van der Waals surface area contributed by atoms with Crippen molar-refractivity contribution >= 4 is 173 Å². The number of nitrogens with one attached hydrogen (secondary N) is 1. The lowest BCUT2D eigenvalue weighted by atomic mass is 10.2. The molecule has 12 rings (SSSR count). The van der Waals surface area contributed by atoms with E-state index >= 15 is 0 Å². The number of carboxylic acid groups (broad SMARTS) is 3. The first-order valence-corrected chi connectivity index (χ1v) is 28.9. The highest BCUT2D eigenvalue weighted by Gasteiger charge is 2.22. The predicted octanol–water partition coefficient (Wildman–Crippen LogP) is 14.3. The lowest BCUT2D eigenvalue weighted by molar-refractivity contribution is -0.131. The molecule has 450 valence electrons. The van der Waals surface area contributed by atoms with Gasteiger partial charge in [-0.25, -0.2) is 44.1 Å². The first-order chi connectivity index (χ1) is 42.7. The van der Waals surface area contributed by atoms with Gasteiger partial charge in [0.15, 0.2) is 28.4 Å². The smallest absolute Gasteiger partial charge is 0.357 e. The van der Waals surface area contributed by atoms with E-state index in [0.717, 1.165) is 28.1 Å². The van der Waals surface area contributed by atoms with Gasteiger partial charge in [0.05, 0.1) is 64.8 Å². The van der Waals surface area contributed by atoms with Gasteiger partial charge in [0.1, 0.15) is 6.33 Å². The van der Waals surface area contributed by atoms with Crippen molar-refractivity contribution in [3.8, 4) is 0 Å². The minimum Gasteiger partial charge on any atom is -0.478 e. The average Bonchev–Trinajstić information content (AvgIpc) is 2.15. The van der Waals surface area contributed by atoms with Gasteiger partial charge >= 0.3 is 17.9 Å². The number of pyridine rings is 2. The zero-order valence-electron chi connectivity index (χ0n) is 45.8. The molecule has 0 aliphatic heterocycles. The van der Waals surface area contributed by atoms with Gasteiger partial charge in [-0.15, -0.1) is 0 Å². The zero-order chi connectivity index (χ0) is 63.6. The van der Waals surface area contributed by atoms with E-state index in [4.69, 9.17) is 97.9 Å². The molecule has 0 spiro atoms. The van der Waals surface area contributed by atoms with Crippen LogP contribution < -0.4 is 5.43 Å². The normalized spacial score (nSPS) is 11.0. The second kappa shape index (κ2) is 28.9. The Labute approximate surface area is 543 Å². The highest BCUT2D eigenvalue weighted by Crippen LogP contribution is 2.32. The molecular weight excluding hydrogens is 1310 g/mol. The van der Waals surface area contributed by atoms with Crippen LogP contribution in [-0.2, 0) is 31.0 Å². The summed E-state index contributed by atoms with van der Waals surface area (Å²) >= 11 is 49.5. The highest BCUT2D eigenvalue weighted by molar-refractivity contribution is 6.37. The number of carboxylic acids is 3. The molecule has 7 heterocycles. The van der Waals surface area contributed by atoms with Crippen LogP contribution in [0, 0.1) is 6.92 Å². The summed E-state index contributed by atoms with van der Waals surface area (Å²) in [6.45, 7) is 6.27. The van der Waals surface area contributed by atoms with Crippen molar-refractivity contribution in [2.45, 2.75) is 33.1 Å². The molecule has 0 bridgehead atoms. The first-order valence-electron chi connectivity index (χ1n) is 25.8. The lowest BCUT2D eigenvalue weighted by Gasteiger charge is -2.08. The minimum absolute atomic E-state index is 0.0405. The standard InChI is InChI=1S/C16H12Cl2N4O2.C16H12Cl2N4O.2C14H9Cl2N3O2/c1-9-15-13(5-6-14(23)24)21-22(16(15)20-8-19-9)7-10-11(17)3-2-4-12(10)18;1-19-20-16(23)15-10-5-2-3-8-14(10)22(21-15)9-11-12(17)6-4-7-13(11)18;15-10-4-1-5-11(16)9(10)7-19-13-8(3-2-6-17-13)12(18-19)14(20)21;15-10-2-1-3-11(16)9(10)7-19-12-4-5-17-6-8(12)13(18-19)14(20)21/h2-6,8H,7H2,1H3,(H,23,24);2-8H,1,9H2,(H,20,23);2*1-6H,7H2,(H,20,21)/b6-5+;;;. The largest absolute Gasteiger partial charge is 0.478 e. The van der Waals surface area contributed by atoms with E-state index in [1.807, 2.05) is 31.2 Å². The number of aromatic carboxylic acids is 2. The van der Waals surface area contributed by atoms with Gasteiger partial charge in [-0.2, -0.15) is 25.5 Å². The number of rotatable bonds is 14. The van der Waals surface area contributed by atoms with Gasteiger partial charge in [-0.3, -0.25) is 19.1 Å². The van der Waals surface area contributed by atoms with Crippen molar-refractivity contribution in [3.05, 3.63) is 237 Å². The third-order valence-electron chi connectivity index (χ3n) is 13.1. The first kappa shape index (κ1) is 64.4. The fourth-order valence-corrected chi connectivity index (χ4v) is 11.1. The molecule has 0 saturated heterocycles. The summed E-state index contributed by atoms with van der Waals surface area (Å²) in [7, 11) is 0. The number of carbonyl (C=O) groups is 4. The zero-order valence-corrected chi connectivity index (χ0v) is 51.8. The van der Waals surface area contributed by atoms with Gasteiger partial charge in [0, 0.05) is 99.2 Å². The Bertz CT molecular complexity index is 4520. The summed E-state index contributed by atoms with van der Waals surface area (Å²) in [6.07, 6.45) is 8.54. The van der Waals surface area contributed by atoms with Crippen LogP contribution >= 0.6 is 92.8 Å². The molecule has 0 aliphatic rings. The third-order valence-corrected chi connectivity index (χ3v) is 16.0. The Balaban J connectivity index is 0.000000141. The van der Waals surface area contributed by atoms with Gasteiger partial charge in [-0.05, 0) is 85.8 Å². The SMILES string of the molecule is C=NNC(=O)c1nn(Cc2c(Cl)cccc2Cl)c2ccccc12.Cc1ncnc2c1c(/C=C/C(=O)O)nn2Cc1c(Cl)cccc1Cl.O=C(O)c1nn(Cc2c(Cl)cccc2Cl)c2ccncc12.O=C(O)c1nn(Cc2c(Cl)cccc2Cl)c2ncccc12. The minimum atomic E-state index is -1.10. The summed E-state index contributed by atoms with van der Waals surface area (Å²) in [4.78, 5) is 61.9. The van der Waals surface area contributed by atoms with Crippen molar-refractivity contribution in [2.75, 3.05) is 0 Å². The van der Waals surface area contributed by atoms with Crippen LogP contribution in [0.25, 0.3) is 49.9 Å². The maximum atomic E-state index is 12.1. The number of carbonyl (C=O) groups excluding carboxylic acids is 1. The number of halogens is 8. The molecule has 29 heteroatoms. The second-order valence-electron chi connectivity index (χ2n) is 18.7. The molecule has 1 amide bonds. The lowest BCUT2D eigenvalue weighted by Crippen LogP contribution is -2.18. The number of hydrogen-bond donors (Lipinski definition) is 4. The van der Waals surface area contributed by atoms with E-state index in [0.29, 0.717) is 109 Å². The van der Waals surface area contributed by atoms with Crippen molar-refractivity contribution in [3.63, 3.8) is 0 Å². The molecule has 89 heavy (non-hydrogen) atoms. The van der Waals surface area contributed by atoms with Crippen molar-refractivity contribution in [1.82, 2.24) is 64.5 Å². The Morgan fingerprint density at radius 2 is 0.955 bits per heavy atom. The van der Waals surface area contributed by atoms with Gasteiger partial charge in [-0.1, -0.05) is 135 Å². The molecule has 12 aromatic rings. The van der Waals surface area contributed by atoms with Gasteiger partial charge in [0.2, 0.25) is 0 Å². The van der Waals surface area contributed by atoms with Crippen LogP contribution in [0.2, 0.25) is 40.2 Å². The molecule has 21 nitrogen and oxygen atoms in total. The molecular formula is C60H42Cl8N14O7. The number of amides is 1. The highest BCUT2D eigenvalue weighted by atomic mass is 35.5. The summed E-state index contributed by atoms with van der Waals surface area (Å²) in [6, 6.07) is 33.5. The van der Waals surface area contributed by atoms with Crippen LogP contribution in [0.15, 0.2) is 151 Å². The molecule has 0 unspecified atom stereocenters. The number of benzene rings is 5. The molecule has 0 aliphatic carbocycles. The molecule has 0 fully saturated rings. The van der Waals surface area contributed by atoms with Gasteiger partial charge in [0.25, 0.3) is 5.91 Å². The molecule has 7 aromatic heterocycles. The number of aryl methyl sites for hydroxylation is 1. The number of nitrogens with zero attached hydrogens (tertiary/aromatic N) is 13. The quantitative estimate of drug-likeness (QED) is 0.0447. The summed E-state index contributed by atoms with van der Waals surface area (Å²) in [5.41, 5.74) is 9.05. The molecule has 0 radical (unpaired) electrons. The molecule has 0 saturated carbocycles. The summed E-state index contributed by atoms with van der Waals surface area (Å²) < 4.78 is 6.39. The molecule has 4 N–H and O–H groups in total. The van der Waals surface area contributed by atoms with Crippen molar-refractivity contribution in [2.24, 2.45) is 5.10 Å². The van der Waals surface area contributed by atoms with E-state index < -0.39 is 23.8 Å². The predicted molar refractivity (Wildman–Crippen MR) is 345 cm³/mol. The fraction of sp³-hybridized carbons (Fsp3) is 0.0833. The van der Waals surface area contributed by atoms with Crippen molar-refractivity contribution < 1.29 is 34.5 Å². The summed E-state index contributed by atoms with van der Waals surface area (Å²) in [5, 5.41) is 54.3. The third kappa shape index (κ3) is 14.8. The number of hydrogen-bond acceptors (Lipinski definition) is 13. The number of aliphatic carboxylic acids is 1. The average molecular weight is 1350 g/mol. The number of para-hydroxylation sites is 1. The van der Waals surface area contributed by atoms with Crippen LogP contribution in [0.4, 0.5) is 0 Å². The van der Waals surface area contributed by atoms with Crippen LogP contribution in [0.1, 0.15) is 65.1 Å². The molecule has 0 atom stereocenters. The Hall–Kier alpha value is -9.03. The van der Waals surface area contributed by atoms with E-state index in [1.165, 1.54) is 23.3 Å². The van der Waals surface area contributed by atoms with E-state index in [1.54, 1.807) is 117 Å². The Kier molecular flexibility index (Phi) is 20.9. The number of hydrazone groups is 1. The van der Waals surface area contributed by atoms with Crippen molar-refractivity contribution in [1.29, 1.82) is 0 Å². The molecule has 5 aromatic carbocycles. The number of aromatic nitrogens is 12. The Morgan fingerprint density at radius 1 is 0.506 bits per heavy atom. The van der Waals surface area contributed by atoms with E-state index in [9.17, 15) is 29.4 Å².